The van der Waals surface area contributed by atoms with E-state index in [1.165, 1.54) is 0 Å². The minimum atomic E-state index is -0.387. The lowest BCUT2D eigenvalue weighted by molar-refractivity contribution is -0.114. The summed E-state index contributed by atoms with van der Waals surface area (Å²) in [5.41, 5.74) is 2.43. The van der Waals surface area contributed by atoms with Crippen LogP contribution in [0, 0.1) is 0 Å². The SMILES string of the molecule is CCc1ccc2c(c1)C(=O)C(=O)N2CCCN(C)C. The van der Waals surface area contributed by atoms with E-state index in [4.69, 9.17) is 0 Å². The molecule has 2 rings (SSSR count). The Balaban J connectivity index is 2.19. The monoisotopic (exact) mass is 260 g/mol. The van der Waals surface area contributed by atoms with Gasteiger partial charge in [-0.15, -0.1) is 0 Å². The molecule has 0 aliphatic carbocycles. The number of amides is 1. The molecule has 1 aromatic rings. The van der Waals surface area contributed by atoms with E-state index in [1.54, 1.807) is 4.90 Å². The van der Waals surface area contributed by atoms with Gasteiger partial charge in [0.05, 0.1) is 11.3 Å². The van der Waals surface area contributed by atoms with Crippen LogP contribution in [0.5, 0.6) is 0 Å². The van der Waals surface area contributed by atoms with Gasteiger partial charge in [-0.2, -0.15) is 0 Å². The van der Waals surface area contributed by atoms with E-state index in [2.05, 4.69) is 4.90 Å². The normalized spacial score (nSPS) is 14.4. The van der Waals surface area contributed by atoms with E-state index in [9.17, 15) is 9.59 Å². The summed E-state index contributed by atoms with van der Waals surface area (Å²) in [4.78, 5) is 27.7. The van der Waals surface area contributed by atoms with Gasteiger partial charge in [-0.25, -0.2) is 0 Å². The molecule has 1 aromatic carbocycles. The summed E-state index contributed by atoms with van der Waals surface area (Å²) < 4.78 is 0. The summed E-state index contributed by atoms with van der Waals surface area (Å²) in [5.74, 6) is -0.753. The van der Waals surface area contributed by atoms with Crippen LogP contribution in [-0.4, -0.2) is 43.8 Å². The topological polar surface area (TPSA) is 40.6 Å². The first kappa shape index (κ1) is 13.7. The van der Waals surface area contributed by atoms with Crippen molar-refractivity contribution in [3.8, 4) is 0 Å². The van der Waals surface area contributed by atoms with Gasteiger partial charge in [0.2, 0.25) is 0 Å². The summed E-state index contributed by atoms with van der Waals surface area (Å²) in [6, 6.07) is 5.73. The Morgan fingerprint density at radius 3 is 2.58 bits per heavy atom. The molecule has 1 amide bonds. The Labute approximate surface area is 114 Å². The smallest absolute Gasteiger partial charge is 0.299 e. The lowest BCUT2D eigenvalue weighted by Gasteiger charge is -2.18. The van der Waals surface area contributed by atoms with E-state index in [0.29, 0.717) is 12.1 Å². The first-order valence-electron chi connectivity index (χ1n) is 6.68. The average Bonchev–Trinajstić information content (AvgIpc) is 2.63. The molecule has 1 aliphatic heterocycles. The molecule has 0 spiro atoms. The Kier molecular flexibility index (Phi) is 4.00. The van der Waals surface area contributed by atoms with Crippen LogP contribution in [0.3, 0.4) is 0 Å². The number of ketones is 1. The molecule has 4 nitrogen and oxygen atoms in total. The molecule has 1 aliphatic rings. The highest BCUT2D eigenvalue weighted by Crippen LogP contribution is 2.30. The van der Waals surface area contributed by atoms with E-state index in [-0.39, 0.29) is 11.7 Å². The first-order chi connectivity index (χ1) is 9.04. The highest BCUT2D eigenvalue weighted by atomic mass is 16.2. The second-order valence-corrected chi connectivity index (χ2v) is 5.15. The van der Waals surface area contributed by atoms with E-state index in [0.717, 1.165) is 30.6 Å². The molecule has 1 heterocycles. The second-order valence-electron chi connectivity index (χ2n) is 5.15. The number of hydrogen-bond donors (Lipinski definition) is 0. The predicted octanol–water partition coefficient (Wildman–Crippen LogP) is 1.73. The van der Waals surface area contributed by atoms with Gasteiger partial charge in [0, 0.05) is 6.54 Å². The van der Waals surface area contributed by atoms with Crippen molar-refractivity contribution in [2.45, 2.75) is 19.8 Å². The average molecular weight is 260 g/mol. The maximum Gasteiger partial charge on any atom is 0.299 e. The molecule has 19 heavy (non-hydrogen) atoms. The Hall–Kier alpha value is -1.68. The van der Waals surface area contributed by atoms with E-state index < -0.39 is 0 Å². The van der Waals surface area contributed by atoms with Crippen LogP contribution in [0.4, 0.5) is 5.69 Å². The number of hydrogen-bond acceptors (Lipinski definition) is 3. The lowest BCUT2D eigenvalue weighted by atomic mass is 10.1. The molecular weight excluding hydrogens is 240 g/mol. The Morgan fingerprint density at radius 1 is 1.21 bits per heavy atom. The summed E-state index contributed by atoms with van der Waals surface area (Å²) in [6.07, 6.45) is 1.73. The highest BCUT2D eigenvalue weighted by molar-refractivity contribution is 6.52. The van der Waals surface area contributed by atoms with Crippen LogP contribution in [0.2, 0.25) is 0 Å². The molecule has 0 radical (unpaired) electrons. The third-order valence-corrected chi connectivity index (χ3v) is 3.43. The molecule has 0 unspecified atom stereocenters. The molecule has 0 saturated heterocycles. The largest absolute Gasteiger partial charge is 0.309 e. The molecule has 0 N–H and O–H groups in total. The highest BCUT2D eigenvalue weighted by Gasteiger charge is 2.35. The molecule has 4 heteroatoms. The fourth-order valence-corrected chi connectivity index (χ4v) is 2.33. The quantitative estimate of drug-likeness (QED) is 0.757. The van der Waals surface area contributed by atoms with Gasteiger partial charge in [-0.3, -0.25) is 9.59 Å². The number of nitrogens with zero attached hydrogens (tertiary/aromatic N) is 2. The van der Waals surface area contributed by atoms with Crippen LogP contribution in [-0.2, 0) is 11.2 Å². The van der Waals surface area contributed by atoms with Gasteiger partial charge in [0.15, 0.2) is 0 Å². The maximum absolute atomic E-state index is 12.0. The number of anilines is 1. The molecule has 102 valence electrons. The van der Waals surface area contributed by atoms with Gasteiger partial charge in [0.1, 0.15) is 0 Å². The van der Waals surface area contributed by atoms with Crippen molar-refractivity contribution in [3.05, 3.63) is 29.3 Å². The fourth-order valence-electron chi connectivity index (χ4n) is 2.33. The number of rotatable bonds is 5. The molecular formula is C15H20N2O2. The van der Waals surface area contributed by atoms with Crippen LogP contribution in [0.1, 0.15) is 29.3 Å². The van der Waals surface area contributed by atoms with Gasteiger partial charge in [-0.05, 0) is 51.2 Å². The standard InChI is InChI=1S/C15H20N2O2/c1-4-11-6-7-13-12(10-11)14(18)15(19)17(13)9-5-8-16(2)3/h6-7,10H,4-5,8-9H2,1-3H3. The van der Waals surface area contributed by atoms with Gasteiger partial charge >= 0.3 is 0 Å². The third kappa shape index (κ3) is 2.68. The summed E-state index contributed by atoms with van der Waals surface area (Å²) in [5, 5.41) is 0. The van der Waals surface area contributed by atoms with Crippen LogP contribution in [0.25, 0.3) is 0 Å². The zero-order valence-electron chi connectivity index (χ0n) is 11.8. The van der Waals surface area contributed by atoms with Gasteiger partial charge in [0.25, 0.3) is 11.7 Å². The van der Waals surface area contributed by atoms with E-state index >= 15 is 0 Å². The number of benzene rings is 1. The van der Waals surface area contributed by atoms with Crippen molar-refractivity contribution in [3.63, 3.8) is 0 Å². The fraction of sp³-hybridized carbons (Fsp3) is 0.467. The van der Waals surface area contributed by atoms with Crippen molar-refractivity contribution in [1.82, 2.24) is 4.90 Å². The van der Waals surface area contributed by atoms with Crippen molar-refractivity contribution in [2.24, 2.45) is 0 Å². The molecule has 0 aromatic heterocycles. The minimum absolute atomic E-state index is 0.366. The number of carbonyl (C=O) groups is 2. The van der Waals surface area contributed by atoms with Crippen molar-refractivity contribution < 1.29 is 9.59 Å². The van der Waals surface area contributed by atoms with Crippen molar-refractivity contribution >= 4 is 17.4 Å². The third-order valence-electron chi connectivity index (χ3n) is 3.43. The van der Waals surface area contributed by atoms with Crippen LogP contribution in [0.15, 0.2) is 18.2 Å². The molecule has 0 bridgehead atoms. The first-order valence-corrected chi connectivity index (χ1v) is 6.68. The van der Waals surface area contributed by atoms with Crippen LogP contribution < -0.4 is 4.90 Å². The minimum Gasteiger partial charge on any atom is -0.309 e. The summed E-state index contributed by atoms with van der Waals surface area (Å²) in [7, 11) is 4.00. The summed E-state index contributed by atoms with van der Waals surface area (Å²) >= 11 is 0. The predicted molar refractivity (Wildman–Crippen MR) is 75.7 cm³/mol. The van der Waals surface area contributed by atoms with Crippen molar-refractivity contribution in [1.29, 1.82) is 0 Å². The number of Topliss-reactive ketones (excluding diaryl/α,β-unsaturated/α-hetero) is 1. The second kappa shape index (κ2) is 5.53. The number of carbonyl (C=O) groups excluding carboxylic acids is 2. The zero-order chi connectivity index (χ0) is 14.0. The maximum atomic E-state index is 12.0. The number of aryl methyl sites for hydroxylation is 1. The van der Waals surface area contributed by atoms with Gasteiger partial charge < -0.3 is 9.80 Å². The van der Waals surface area contributed by atoms with Crippen molar-refractivity contribution in [2.75, 3.05) is 32.1 Å². The number of fused-ring (bicyclic) bond motifs is 1. The Morgan fingerprint density at radius 2 is 1.95 bits per heavy atom. The summed E-state index contributed by atoms with van der Waals surface area (Å²) in [6.45, 7) is 3.54. The molecule has 0 fully saturated rings. The van der Waals surface area contributed by atoms with Crippen LogP contribution >= 0.6 is 0 Å². The zero-order valence-corrected chi connectivity index (χ0v) is 11.8. The lowest BCUT2D eigenvalue weighted by Crippen LogP contribution is -2.32. The Bertz CT molecular complexity index is 509. The molecule has 0 saturated carbocycles. The molecule has 0 atom stereocenters. The van der Waals surface area contributed by atoms with Gasteiger partial charge in [-0.1, -0.05) is 13.0 Å². The van der Waals surface area contributed by atoms with E-state index in [1.807, 2.05) is 39.2 Å².